The summed E-state index contributed by atoms with van der Waals surface area (Å²) in [6.45, 7) is 3.88. The molecular weight excluding hydrogens is 276 g/mol. The second-order valence-corrected chi connectivity index (χ2v) is 6.52. The van der Waals surface area contributed by atoms with E-state index in [4.69, 9.17) is 5.73 Å². The summed E-state index contributed by atoms with van der Waals surface area (Å²) in [5.74, 6) is 0. The molecule has 1 aromatic carbocycles. The van der Waals surface area contributed by atoms with Gasteiger partial charge in [0.2, 0.25) is 10.0 Å². The van der Waals surface area contributed by atoms with Crippen molar-refractivity contribution in [3.05, 3.63) is 41.2 Å². The first-order valence-electron chi connectivity index (χ1n) is 6.14. The highest BCUT2D eigenvalue weighted by molar-refractivity contribution is 7.89. The molecule has 0 bridgehead atoms. The van der Waals surface area contributed by atoms with Crippen LogP contribution >= 0.6 is 0 Å². The summed E-state index contributed by atoms with van der Waals surface area (Å²) in [6.07, 6.45) is 1.79. The van der Waals surface area contributed by atoms with Crippen molar-refractivity contribution in [2.45, 2.75) is 25.3 Å². The molecule has 0 fully saturated rings. The largest absolute Gasteiger partial charge is 0.398 e. The van der Waals surface area contributed by atoms with Crippen molar-refractivity contribution in [3.8, 4) is 0 Å². The van der Waals surface area contributed by atoms with Crippen LogP contribution in [-0.4, -0.2) is 18.2 Å². The van der Waals surface area contributed by atoms with Gasteiger partial charge in [0.15, 0.2) is 0 Å². The molecule has 0 saturated carbocycles. The maximum Gasteiger partial charge on any atom is 0.240 e. The Balaban J connectivity index is 2.19. The predicted molar refractivity (Wildman–Crippen MR) is 77.6 cm³/mol. The third kappa shape index (κ3) is 3.00. The molecule has 0 atom stereocenters. The van der Waals surface area contributed by atoms with Crippen LogP contribution < -0.4 is 10.5 Å². The van der Waals surface area contributed by atoms with E-state index in [1.165, 1.54) is 6.07 Å². The summed E-state index contributed by atoms with van der Waals surface area (Å²) >= 11 is 0. The van der Waals surface area contributed by atoms with Crippen molar-refractivity contribution >= 4 is 15.7 Å². The van der Waals surface area contributed by atoms with E-state index in [0.29, 0.717) is 5.69 Å². The normalized spacial score (nSPS) is 11.8. The third-order valence-corrected chi connectivity index (χ3v) is 4.53. The van der Waals surface area contributed by atoms with Crippen LogP contribution in [0.3, 0.4) is 0 Å². The lowest BCUT2D eigenvalue weighted by Gasteiger charge is -2.08. The van der Waals surface area contributed by atoms with E-state index in [1.807, 2.05) is 13.8 Å². The van der Waals surface area contributed by atoms with Crippen molar-refractivity contribution in [1.82, 2.24) is 14.5 Å². The van der Waals surface area contributed by atoms with Crippen molar-refractivity contribution in [1.29, 1.82) is 0 Å². The Labute approximate surface area is 118 Å². The smallest absolute Gasteiger partial charge is 0.240 e. The maximum absolute atomic E-state index is 12.2. The van der Waals surface area contributed by atoms with Crippen molar-refractivity contribution in [2.24, 2.45) is 7.05 Å². The molecule has 0 amide bonds. The molecule has 1 aromatic heterocycles. The number of sulfonamides is 1. The first-order chi connectivity index (χ1) is 9.29. The minimum Gasteiger partial charge on any atom is -0.398 e. The first kappa shape index (κ1) is 14.5. The number of benzene rings is 1. The van der Waals surface area contributed by atoms with Gasteiger partial charge in [-0.05, 0) is 31.5 Å². The van der Waals surface area contributed by atoms with Crippen LogP contribution in [0, 0.1) is 13.8 Å². The summed E-state index contributed by atoms with van der Waals surface area (Å²) < 4.78 is 28.6. The van der Waals surface area contributed by atoms with E-state index in [1.54, 1.807) is 30.1 Å². The van der Waals surface area contributed by atoms with E-state index in [2.05, 4.69) is 9.82 Å². The highest BCUT2D eigenvalue weighted by atomic mass is 32.2. The number of rotatable bonds is 4. The van der Waals surface area contributed by atoms with Gasteiger partial charge in [0.1, 0.15) is 0 Å². The van der Waals surface area contributed by atoms with E-state index in [0.717, 1.165) is 16.8 Å². The molecule has 2 aromatic rings. The van der Waals surface area contributed by atoms with E-state index in [9.17, 15) is 8.42 Å². The summed E-state index contributed by atoms with van der Waals surface area (Å²) in [6, 6.07) is 4.71. The predicted octanol–water partition coefficient (Wildman–Crippen LogP) is 1.10. The van der Waals surface area contributed by atoms with Gasteiger partial charge in [0.25, 0.3) is 0 Å². The standard InChI is InChI=1S/C13H18N4O2S/c1-9-4-5-12(6-13(9)14)20(18,19)15-7-11-8-17(3)16-10(11)2/h4-6,8,15H,7,14H2,1-3H3. The molecular formula is C13H18N4O2S. The van der Waals surface area contributed by atoms with Crippen LogP contribution in [0.15, 0.2) is 29.3 Å². The van der Waals surface area contributed by atoms with Crippen molar-refractivity contribution < 1.29 is 8.42 Å². The molecule has 7 heteroatoms. The Morgan fingerprint density at radius 1 is 1.35 bits per heavy atom. The molecule has 0 saturated heterocycles. The summed E-state index contributed by atoms with van der Waals surface area (Å²) in [5, 5.41) is 4.17. The van der Waals surface area contributed by atoms with Gasteiger partial charge in [0.05, 0.1) is 10.6 Å². The number of hydrogen-bond acceptors (Lipinski definition) is 4. The highest BCUT2D eigenvalue weighted by Crippen LogP contribution is 2.17. The Kier molecular flexibility index (Phi) is 3.82. The van der Waals surface area contributed by atoms with Crippen molar-refractivity contribution in [2.75, 3.05) is 5.73 Å². The number of aromatic nitrogens is 2. The van der Waals surface area contributed by atoms with Gasteiger partial charge < -0.3 is 5.73 Å². The monoisotopic (exact) mass is 294 g/mol. The van der Waals surface area contributed by atoms with Gasteiger partial charge >= 0.3 is 0 Å². The van der Waals surface area contributed by atoms with Crippen LogP contribution in [0.4, 0.5) is 5.69 Å². The molecule has 1 heterocycles. The molecule has 0 aliphatic carbocycles. The number of nitrogens with one attached hydrogen (secondary N) is 1. The number of nitrogens with zero attached hydrogens (tertiary/aromatic N) is 2. The van der Waals surface area contributed by atoms with Crippen LogP contribution in [0.2, 0.25) is 0 Å². The topological polar surface area (TPSA) is 90.0 Å². The number of aryl methyl sites for hydroxylation is 3. The average molecular weight is 294 g/mol. The fourth-order valence-electron chi connectivity index (χ4n) is 1.86. The first-order valence-corrected chi connectivity index (χ1v) is 7.63. The molecule has 0 unspecified atom stereocenters. The van der Waals surface area contributed by atoms with Gasteiger partial charge in [0, 0.05) is 31.0 Å². The Morgan fingerprint density at radius 2 is 2.05 bits per heavy atom. The molecule has 2 rings (SSSR count). The molecule has 108 valence electrons. The molecule has 0 spiro atoms. The minimum atomic E-state index is -3.57. The summed E-state index contributed by atoms with van der Waals surface area (Å²) in [5.41, 5.74) is 8.71. The van der Waals surface area contributed by atoms with Crippen LogP contribution in [0.5, 0.6) is 0 Å². The minimum absolute atomic E-state index is 0.169. The van der Waals surface area contributed by atoms with Gasteiger partial charge in [-0.15, -0.1) is 0 Å². The number of anilines is 1. The fourth-order valence-corrected chi connectivity index (χ4v) is 2.91. The molecule has 3 N–H and O–H groups in total. The third-order valence-electron chi connectivity index (χ3n) is 3.13. The average Bonchev–Trinajstić information content (AvgIpc) is 2.69. The zero-order valence-electron chi connectivity index (χ0n) is 11.7. The molecule has 20 heavy (non-hydrogen) atoms. The zero-order valence-corrected chi connectivity index (χ0v) is 12.5. The van der Waals surface area contributed by atoms with E-state index < -0.39 is 10.0 Å². The highest BCUT2D eigenvalue weighted by Gasteiger charge is 2.15. The number of nitrogens with two attached hydrogens (primary N) is 1. The lowest BCUT2D eigenvalue weighted by Crippen LogP contribution is -2.23. The fraction of sp³-hybridized carbons (Fsp3) is 0.308. The van der Waals surface area contributed by atoms with E-state index >= 15 is 0 Å². The summed E-state index contributed by atoms with van der Waals surface area (Å²) in [4.78, 5) is 0.169. The Hall–Kier alpha value is -1.86. The van der Waals surface area contributed by atoms with Gasteiger partial charge in [-0.3, -0.25) is 4.68 Å². The molecule has 0 aliphatic rings. The number of hydrogen-bond donors (Lipinski definition) is 2. The second kappa shape index (κ2) is 5.26. The van der Waals surface area contributed by atoms with Crippen molar-refractivity contribution in [3.63, 3.8) is 0 Å². The molecule has 0 aliphatic heterocycles. The molecule has 0 radical (unpaired) electrons. The second-order valence-electron chi connectivity index (χ2n) is 4.76. The van der Waals surface area contributed by atoms with E-state index in [-0.39, 0.29) is 11.4 Å². The summed E-state index contributed by atoms with van der Waals surface area (Å²) in [7, 11) is -1.77. The van der Waals surface area contributed by atoms with Gasteiger partial charge in [-0.2, -0.15) is 5.10 Å². The van der Waals surface area contributed by atoms with Gasteiger partial charge in [-0.25, -0.2) is 13.1 Å². The quantitative estimate of drug-likeness (QED) is 0.826. The zero-order chi connectivity index (χ0) is 14.9. The lowest BCUT2D eigenvalue weighted by molar-refractivity contribution is 0.581. The lowest BCUT2D eigenvalue weighted by atomic mass is 10.2. The van der Waals surface area contributed by atoms with Gasteiger partial charge in [-0.1, -0.05) is 6.07 Å². The Morgan fingerprint density at radius 3 is 2.60 bits per heavy atom. The van der Waals surface area contributed by atoms with Crippen LogP contribution in [-0.2, 0) is 23.6 Å². The van der Waals surface area contributed by atoms with Crippen LogP contribution in [0.1, 0.15) is 16.8 Å². The maximum atomic E-state index is 12.2. The SMILES string of the molecule is Cc1ccc(S(=O)(=O)NCc2cn(C)nc2C)cc1N. The van der Waals surface area contributed by atoms with Crippen LogP contribution in [0.25, 0.3) is 0 Å². The molecule has 6 nitrogen and oxygen atoms in total. The Bertz CT molecular complexity index is 735. The number of nitrogen functional groups attached to an aromatic ring is 1.